The van der Waals surface area contributed by atoms with Crippen molar-refractivity contribution in [3.8, 4) is 0 Å². The van der Waals surface area contributed by atoms with Crippen LogP contribution in [0.5, 0.6) is 0 Å². The van der Waals surface area contributed by atoms with Gasteiger partial charge in [-0.05, 0) is 31.4 Å². The lowest BCUT2D eigenvalue weighted by atomic mass is 9.94. The van der Waals surface area contributed by atoms with Crippen molar-refractivity contribution in [1.29, 1.82) is 0 Å². The maximum atomic E-state index is 4.19. The first-order valence-corrected chi connectivity index (χ1v) is 5.46. The van der Waals surface area contributed by atoms with Crippen molar-refractivity contribution in [2.75, 3.05) is 6.54 Å². The minimum absolute atomic E-state index is 0.654. The van der Waals surface area contributed by atoms with E-state index in [0.717, 1.165) is 12.3 Å². The molecule has 1 aromatic rings. The van der Waals surface area contributed by atoms with Crippen molar-refractivity contribution in [3.63, 3.8) is 0 Å². The normalized spacial score (nSPS) is 27.9. The van der Waals surface area contributed by atoms with Crippen LogP contribution in [0.4, 0.5) is 0 Å². The Bertz CT molecular complexity index is 284. The summed E-state index contributed by atoms with van der Waals surface area (Å²) in [7, 11) is 2.01. The van der Waals surface area contributed by atoms with E-state index in [0.29, 0.717) is 6.04 Å². The molecule has 0 aliphatic carbocycles. The summed E-state index contributed by atoms with van der Waals surface area (Å²) in [6.07, 6.45) is 5.64. The molecule has 14 heavy (non-hydrogen) atoms. The first-order chi connectivity index (χ1) is 6.75. The van der Waals surface area contributed by atoms with Crippen molar-refractivity contribution < 1.29 is 0 Å². The molecular weight excluding hydrogens is 174 g/mol. The first kappa shape index (κ1) is 9.71. The van der Waals surface area contributed by atoms with Crippen molar-refractivity contribution in [1.82, 2.24) is 15.1 Å². The van der Waals surface area contributed by atoms with Gasteiger partial charge in [-0.3, -0.25) is 4.68 Å². The molecule has 2 rings (SSSR count). The van der Waals surface area contributed by atoms with Crippen LogP contribution in [0.15, 0.2) is 12.3 Å². The molecular formula is C11H19N3. The molecule has 0 saturated carbocycles. The number of nitrogens with zero attached hydrogens (tertiary/aromatic N) is 2. The molecule has 3 heteroatoms. The zero-order valence-electron chi connectivity index (χ0n) is 9.03. The fourth-order valence-electron chi connectivity index (χ4n) is 2.09. The van der Waals surface area contributed by atoms with Gasteiger partial charge < -0.3 is 5.32 Å². The summed E-state index contributed by atoms with van der Waals surface area (Å²) in [6.45, 7) is 3.48. The van der Waals surface area contributed by atoms with Gasteiger partial charge in [0.15, 0.2) is 0 Å². The Balaban J connectivity index is 1.89. The molecule has 1 fully saturated rings. The van der Waals surface area contributed by atoms with Gasteiger partial charge in [-0.15, -0.1) is 0 Å². The average Bonchev–Trinajstić information content (AvgIpc) is 2.56. The Morgan fingerprint density at radius 2 is 2.43 bits per heavy atom. The molecule has 1 aliphatic heterocycles. The quantitative estimate of drug-likeness (QED) is 0.768. The Kier molecular flexibility index (Phi) is 2.87. The predicted octanol–water partition coefficient (Wildman–Crippen LogP) is 1.35. The number of hydrogen-bond acceptors (Lipinski definition) is 2. The molecule has 0 spiro atoms. The van der Waals surface area contributed by atoms with E-state index in [2.05, 4.69) is 23.4 Å². The second kappa shape index (κ2) is 4.13. The zero-order valence-corrected chi connectivity index (χ0v) is 9.03. The maximum Gasteiger partial charge on any atom is 0.0492 e. The summed E-state index contributed by atoms with van der Waals surface area (Å²) in [4.78, 5) is 0. The van der Waals surface area contributed by atoms with E-state index in [1.54, 1.807) is 0 Å². The highest BCUT2D eigenvalue weighted by Crippen LogP contribution is 2.16. The van der Waals surface area contributed by atoms with Crippen LogP contribution in [0.2, 0.25) is 0 Å². The summed E-state index contributed by atoms with van der Waals surface area (Å²) < 4.78 is 1.97. The number of rotatable bonds is 2. The van der Waals surface area contributed by atoms with Gasteiger partial charge in [-0.25, -0.2) is 0 Å². The third-order valence-electron chi connectivity index (χ3n) is 3.14. The number of hydrogen-bond donors (Lipinski definition) is 1. The molecule has 1 saturated heterocycles. The fraction of sp³-hybridized carbons (Fsp3) is 0.727. The highest BCUT2D eigenvalue weighted by Gasteiger charge is 2.18. The molecule has 0 aromatic carbocycles. The smallest absolute Gasteiger partial charge is 0.0492 e. The third-order valence-corrected chi connectivity index (χ3v) is 3.14. The van der Waals surface area contributed by atoms with E-state index >= 15 is 0 Å². The summed E-state index contributed by atoms with van der Waals surface area (Å²) in [6, 6.07) is 2.77. The minimum Gasteiger partial charge on any atom is -0.313 e. The van der Waals surface area contributed by atoms with E-state index in [1.807, 2.05) is 17.9 Å². The van der Waals surface area contributed by atoms with Crippen LogP contribution in [0.1, 0.15) is 25.5 Å². The van der Waals surface area contributed by atoms with Gasteiger partial charge in [0.25, 0.3) is 0 Å². The van der Waals surface area contributed by atoms with Crippen molar-refractivity contribution in [2.45, 2.75) is 32.2 Å². The summed E-state index contributed by atoms with van der Waals surface area (Å²) in [5.41, 5.74) is 1.33. The SMILES string of the molecule is CC1CCC(Cc2ccnn2C)NC1. The average molecular weight is 193 g/mol. The molecule has 1 aromatic heterocycles. The molecule has 78 valence electrons. The molecule has 1 aliphatic rings. The van der Waals surface area contributed by atoms with E-state index in [1.165, 1.54) is 25.1 Å². The highest BCUT2D eigenvalue weighted by molar-refractivity contribution is 5.02. The number of piperidine rings is 1. The van der Waals surface area contributed by atoms with E-state index in [4.69, 9.17) is 0 Å². The second-order valence-electron chi connectivity index (χ2n) is 4.44. The van der Waals surface area contributed by atoms with E-state index in [9.17, 15) is 0 Å². The largest absolute Gasteiger partial charge is 0.313 e. The maximum absolute atomic E-state index is 4.19. The van der Waals surface area contributed by atoms with Crippen LogP contribution in [0, 0.1) is 5.92 Å². The van der Waals surface area contributed by atoms with Gasteiger partial charge >= 0.3 is 0 Å². The summed E-state index contributed by atoms with van der Waals surface area (Å²) >= 11 is 0. The topological polar surface area (TPSA) is 29.9 Å². The third kappa shape index (κ3) is 2.15. The van der Waals surface area contributed by atoms with Crippen LogP contribution in [0.25, 0.3) is 0 Å². The van der Waals surface area contributed by atoms with Crippen LogP contribution in [-0.2, 0) is 13.5 Å². The molecule has 2 heterocycles. The Morgan fingerprint density at radius 3 is 3.00 bits per heavy atom. The van der Waals surface area contributed by atoms with Crippen LogP contribution < -0.4 is 5.32 Å². The number of aryl methyl sites for hydroxylation is 1. The standard InChI is InChI=1S/C11H19N3/c1-9-3-4-10(12-8-9)7-11-5-6-13-14(11)2/h5-6,9-10,12H,3-4,7-8H2,1-2H3. The van der Waals surface area contributed by atoms with Gasteiger partial charge in [-0.1, -0.05) is 6.92 Å². The van der Waals surface area contributed by atoms with Crippen molar-refractivity contribution in [3.05, 3.63) is 18.0 Å². The van der Waals surface area contributed by atoms with Crippen molar-refractivity contribution >= 4 is 0 Å². The lowest BCUT2D eigenvalue weighted by molar-refractivity contribution is 0.323. The van der Waals surface area contributed by atoms with Gasteiger partial charge in [0.1, 0.15) is 0 Å². The molecule has 0 amide bonds. The first-order valence-electron chi connectivity index (χ1n) is 5.46. The lowest BCUT2D eigenvalue weighted by Crippen LogP contribution is -2.39. The Morgan fingerprint density at radius 1 is 1.57 bits per heavy atom. The molecule has 0 radical (unpaired) electrons. The monoisotopic (exact) mass is 193 g/mol. The van der Waals surface area contributed by atoms with Gasteiger partial charge in [-0.2, -0.15) is 5.10 Å². The van der Waals surface area contributed by atoms with Gasteiger partial charge in [0.05, 0.1) is 0 Å². The number of nitrogens with one attached hydrogen (secondary N) is 1. The molecule has 2 atom stereocenters. The lowest BCUT2D eigenvalue weighted by Gasteiger charge is -2.27. The molecule has 1 N–H and O–H groups in total. The van der Waals surface area contributed by atoms with E-state index in [-0.39, 0.29) is 0 Å². The zero-order chi connectivity index (χ0) is 9.97. The predicted molar refractivity (Wildman–Crippen MR) is 57.1 cm³/mol. The summed E-state index contributed by atoms with van der Waals surface area (Å²) in [5.74, 6) is 0.845. The van der Waals surface area contributed by atoms with Crippen molar-refractivity contribution in [2.24, 2.45) is 13.0 Å². The fourth-order valence-corrected chi connectivity index (χ4v) is 2.09. The second-order valence-corrected chi connectivity index (χ2v) is 4.44. The summed E-state index contributed by atoms with van der Waals surface area (Å²) in [5, 5.41) is 7.78. The van der Waals surface area contributed by atoms with Crippen LogP contribution in [-0.4, -0.2) is 22.4 Å². The Labute approximate surface area is 85.5 Å². The molecule has 2 unspecified atom stereocenters. The van der Waals surface area contributed by atoms with Crippen LogP contribution in [0.3, 0.4) is 0 Å². The van der Waals surface area contributed by atoms with Gasteiger partial charge in [0.2, 0.25) is 0 Å². The highest BCUT2D eigenvalue weighted by atomic mass is 15.3. The van der Waals surface area contributed by atoms with Gasteiger partial charge in [0, 0.05) is 31.4 Å². The number of aromatic nitrogens is 2. The molecule has 3 nitrogen and oxygen atoms in total. The van der Waals surface area contributed by atoms with E-state index < -0.39 is 0 Å². The minimum atomic E-state index is 0.654. The Hall–Kier alpha value is -0.830. The van der Waals surface area contributed by atoms with Crippen LogP contribution >= 0.6 is 0 Å². The molecule has 0 bridgehead atoms.